The van der Waals surface area contributed by atoms with Crippen LogP contribution in [0.4, 0.5) is 0 Å². The van der Waals surface area contributed by atoms with Crippen LogP contribution in [0.3, 0.4) is 0 Å². The molecule has 21 heavy (non-hydrogen) atoms. The number of nitrogens with zero attached hydrogens (tertiary/aromatic N) is 1. The molecule has 1 saturated carbocycles. The van der Waals surface area contributed by atoms with E-state index in [0.29, 0.717) is 12.3 Å². The first-order valence-corrected chi connectivity index (χ1v) is 8.46. The number of hydrogen-bond acceptors (Lipinski definition) is 2. The van der Waals surface area contributed by atoms with Gasteiger partial charge in [0.25, 0.3) is 0 Å². The highest BCUT2D eigenvalue weighted by Crippen LogP contribution is 2.44. The molecule has 4 heteroatoms. The quantitative estimate of drug-likeness (QED) is 0.706. The number of carboxylic acid groups (broad SMARTS) is 1. The molecule has 0 aromatic carbocycles. The lowest BCUT2D eigenvalue weighted by atomic mass is 9.79. The van der Waals surface area contributed by atoms with E-state index in [1.165, 1.54) is 0 Å². The third-order valence-electron chi connectivity index (χ3n) is 5.08. The van der Waals surface area contributed by atoms with E-state index >= 15 is 0 Å². The molecule has 1 N–H and O–H groups in total. The normalized spacial score (nSPS) is 17.1. The van der Waals surface area contributed by atoms with Gasteiger partial charge in [-0.15, -0.1) is 0 Å². The highest BCUT2D eigenvalue weighted by atomic mass is 16.4. The van der Waals surface area contributed by atoms with Gasteiger partial charge < -0.3 is 10.0 Å². The molecule has 0 heterocycles. The molecule has 1 rings (SSSR count). The summed E-state index contributed by atoms with van der Waals surface area (Å²) >= 11 is 0. The van der Waals surface area contributed by atoms with Crippen LogP contribution in [0.25, 0.3) is 0 Å². The van der Waals surface area contributed by atoms with E-state index in [9.17, 15) is 9.59 Å². The van der Waals surface area contributed by atoms with E-state index < -0.39 is 5.97 Å². The standard InChI is InChI=1S/C17H31NO3/c1-4-14(5-2)13-18(6-3)15(19)11-17(12-16(20)21)9-7-8-10-17/h14H,4-13H2,1-3H3,(H,20,21). The van der Waals surface area contributed by atoms with Crippen molar-refractivity contribution in [3.63, 3.8) is 0 Å². The summed E-state index contributed by atoms with van der Waals surface area (Å²) in [6, 6.07) is 0. The second-order valence-corrected chi connectivity index (χ2v) is 6.57. The summed E-state index contributed by atoms with van der Waals surface area (Å²) in [5.74, 6) is -0.0757. The average Bonchev–Trinajstić information content (AvgIpc) is 2.87. The second-order valence-electron chi connectivity index (χ2n) is 6.57. The van der Waals surface area contributed by atoms with Gasteiger partial charge in [-0.25, -0.2) is 0 Å². The van der Waals surface area contributed by atoms with Crippen molar-refractivity contribution < 1.29 is 14.7 Å². The Balaban J connectivity index is 2.68. The number of hydrogen-bond donors (Lipinski definition) is 1. The Hall–Kier alpha value is -1.06. The molecule has 0 saturated heterocycles. The molecule has 0 atom stereocenters. The van der Waals surface area contributed by atoms with Gasteiger partial charge in [0.2, 0.25) is 5.91 Å². The maximum atomic E-state index is 12.6. The summed E-state index contributed by atoms with van der Waals surface area (Å²) in [6.45, 7) is 7.87. The lowest BCUT2D eigenvalue weighted by molar-refractivity contribution is -0.141. The Labute approximate surface area is 128 Å². The smallest absolute Gasteiger partial charge is 0.303 e. The Morgan fingerprint density at radius 2 is 1.67 bits per heavy atom. The van der Waals surface area contributed by atoms with Crippen LogP contribution in [-0.2, 0) is 9.59 Å². The summed E-state index contributed by atoms with van der Waals surface area (Å²) in [6.07, 6.45) is 6.59. The Morgan fingerprint density at radius 1 is 1.10 bits per heavy atom. The molecule has 1 aliphatic carbocycles. The molecule has 1 fully saturated rings. The lowest BCUT2D eigenvalue weighted by Gasteiger charge is -2.31. The number of carbonyl (C=O) groups is 2. The lowest BCUT2D eigenvalue weighted by Crippen LogP contribution is -2.38. The second kappa shape index (κ2) is 8.40. The van der Waals surface area contributed by atoms with E-state index in [1.54, 1.807) is 0 Å². The number of amides is 1. The van der Waals surface area contributed by atoms with Gasteiger partial charge in [0, 0.05) is 19.5 Å². The first kappa shape index (κ1) is 18.0. The van der Waals surface area contributed by atoms with E-state index in [2.05, 4.69) is 13.8 Å². The first-order chi connectivity index (χ1) is 9.96. The molecule has 1 aliphatic rings. The molecule has 0 aliphatic heterocycles. The molecule has 0 aromatic heterocycles. The van der Waals surface area contributed by atoms with Crippen molar-refractivity contribution in [2.45, 2.75) is 72.1 Å². The number of rotatable bonds is 9. The van der Waals surface area contributed by atoms with E-state index in [0.717, 1.165) is 51.6 Å². The fourth-order valence-electron chi connectivity index (χ4n) is 3.56. The highest BCUT2D eigenvalue weighted by molar-refractivity contribution is 5.78. The van der Waals surface area contributed by atoms with Crippen LogP contribution in [-0.4, -0.2) is 35.0 Å². The van der Waals surface area contributed by atoms with Gasteiger partial charge in [0.05, 0.1) is 6.42 Å². The molecule has 0 unspecified atom stereocenters. The molecule has 0 aromatic rings. The van der Waals surface area contributed by atoms with Gasteiger partial charge in [-0.05, 0) is 31.1 Å². The van der Waals surface area contributed by atoms with Crippen molar-refractivity contribution in [1.82, 2.24) is 4.90 Å². The summed E-state index contributed by atoms with van der Waals surface area (Å²) in [5.41, 5.74) is -0.287. The molecule has 0 bridgehead atoms. The minimum Gasteiger partial charge on any atom is -0.481 e. The third kappa shape index (κ3) is 5.33. The Kier molecular flexibility index (Phi) is 7.20. The fourth-order valence-corrected chi connectivity index (χ4v) is 3.56. The predicted molar refractivity (Wildman–Crippen MR) is 84.1 cm³/mol. The van der Waals surface area contributed by atoms with Crippen molar-refractivity contribution in [3.8, 4) is 0 Å². The van der Waals surface area contributed by atoms with Gasteiger partial charge in [-0.1, -0.05) is 39.5 Å². The van der Waals surface area contributed by atoms with Crippen LogP contribution in [0.2, 0.25) is 0 Å². The number of aliphatic carboxylic acids is 1. The zero-order valence-electron chi connectivity index (χ0n) is 13.9. The number of carboxylic acids is 1. The molecule has 4 nitrogen and oxygen atoms in total. The van der Waals surface area contributed by atoms with Gasteiger partial charge in [-0.2, -0.15) is 0 Å². The summed E-state index contributed by atoms with van der Waals surface area (Å²) in [4.78, 5) is 25.7. The van der Waals surface area contributed by atoms with Crippen LogP contribution < -0.4 is 0 Å². The molecule has 122 valence electrons. The Bertz CT molecular complexity index is 344. The van der Waals surface area contributed by atoms with Crippen LogP contribution in [0.15, 0.2) is 0 Å². The summed E-state index contributed by atoms with van der Waals surface area (Å²) < 4.78 is 0. The van der Waals surface area contributed by atoms with E-state index in [1.807, 2.05) is 11.8 Å². The summed E-state index contributed by atoms with van der Waals surface area (Å²) in [5, 5.41) is 9.14. The fraction of sp³-hybridized carbons (Fsp3) is 0.882. The maximum Gasteiger partial charge on any atom is 0.303 e. The molecule has 1 amide bonds. The average molecular weight is 297 g/mol. The number of carbonyl (C=O) groups excluding carboxylic acids is 1. The minimum absolute atomic E-state index is 0.140. The van der Waals surface area contributed by atoms with Crippen LogP contribution in [0, 0.1) is 11.3 Å². The SMILES string of the molecule is CCC(CC)CN(CC)C(=O)CC1(CC(=O)O)CCCC1. The van der Waals surface area contributed by atoms with Crippen molar-refractivity contribution >= 4 is 11.9 Å². The van der Waals surface area contributed by atoms with Gasteiger partial charge in [-0.3, -0.25) is 9.59 Å². The Morgan fingerprint density at radius 3 is 2.10 bits per heavy atom. The van der Waals surface area contributed by atoms with Crippen LogP contribution in [0.1, 0.15) is 72.1 Å². The zero-order valence-corrected chi connectivity index (χ0v) is 13.9. The molecule has 0 spiro atoms. The van der Waals surface area contributed by atoms with Crippen molar-refractivity contribution in [2.24, 2.45) is 11.3 Å². The molecular formula is C17H31NO3. The van der Waals surface area contributed by atoms with Gasteiger partial charge in [0.1, 0.15) is 0 Å². The van der Waals surface area contributed by atoms with Crippen molar-refractivity contribution in [1.29, 1.82) is 0 Å². The van der Waals surface area contributed by atoms with E-state index in [4.69, 9.17) is 5.11 Å². The largest absolute Gasteiger partial charge is 0.481 e. The first-order valence-electron chi connectivity index (χ1n) is 8.46. The van der Waals surface area contributed by atoms with Gasteiger partial charge in [0.15, 0.2) is 0 Å². The predicted octanol–water partition coefficient (Wildman–Crippen LogP) is 3.70. The highest BCUT2D eigenvalue weighted by Gasteiger charge is 2.38. The third-order valence-corrected chi connectivity index (χ3v) is 5.08. The van der Waals surface area contributed by atoms with Crippen LogP contribution in [0.5, 0.6) is 0 Å². The monoisotopic (exact) mass is 297 g/mol. The van der Waals surface area contributed by atoms with Crippen molar-refractivity contribution in [3.05, 3.63) is 0 Å². The minimum atomic E-state index is -0.771. The molecule has 0 radical (unpaired) electrons. The summed E-state index contributed by atoms with van der Waals surface area (Å²) in [7, 11) is 0. The zero-order chi connectivity index (χ0) is 15.9. The maximum absolute atomic E-state index is 12.6. The van der Waals surface area contributed by atoms with Crippen LogP contribution >= 0.6 is 0 Å². The van der Waals surface area contributed by atoms with Crippen molar-refractivity contribution in [2.75, 3.05) is 13.1 Å². The van der Waals surface area contributed by atoms with E-state index in [-0.39, 0.29) is 17.7 Å². The topological polar surface area (TPSA) is 57.6 Å². The van der Waals surface area contributed by atoms with Gasteiger partial charge >= 0.3 is 5.97 Å². The molecular weight excluding hydrogens is 266 g/mol.